The molecule has 0 saturated heterocycles. The summed E-state index contributed by atoms with van der Waals surface area (Å²) in [7, 11) is 1.61. The van der Waals surface area contributed by atoms with Crippen LogP contribution in [-0.4, -0.2) is 32.7 Å². The van der Waals surface area contributed by atoms with Gasteiger partial charge in [0, 0.05) is 25.0 Å². The topological polar surface area (TPSA) is 75.4 Å². The summed E-state index contributed by atoms with van der Waals surface area (Å²) in [6.07, 6.45) is 3.02. The summed E-state index contributed by atoms with van der Waals surface area (Å²) >= 11 is 0. The van der Waals surface area contributed by atoms with Crippen LogP contribution in [0.1, 0.15) is 20.8 Å². The minimum Gasteiger partial charge on any atom is -0.480 e. The molecule has 0 aliphatic carbocycles. The van der Waals surface area contributed by atoms with Crippen molar-refractivity contribution in [3.63, 3.8) is 0 Å². The molecule has 0 aliphatic rings. The molecule has 0 bridgehead atoms. The van der Waals surface area contributed by atoms with E-state index in [1.165, 1.54) is 21.9 Å². The lowest BCUT2D eigenvalue weighted by molar-refractivity contribution is -0.135. The van der Waals surface area contributed by atoms with Crippen molar-refractivity contribution in [1.29, 1.82) is 0 Å². The number of anilines is 1. The molecule has 0 spiro atoms. The molecule has 6 heteroatoms. The molecule has 1 N–H and O–H groups in total. The van der Waals surface area contributed by atoms with E-state index in [0.29, 0.717) is 0 Å². The predicted octanol–water partition coefficient (Wildman–Crippen LogP) is 0.470. The molecule has 0 saturated carbocycles. The summed E-state index contributed by atoms with van der Waals surface area (Å²) in [5, 5.41) is 8.89. The van der Waals surface area contributed by atoms with Crippen LogP contribution in [0.15, 0.2) is 17.2 Å². The molecule has 1 aromatic heterocycles. The Bertz CT molecular complexity index is 474. The fraction of sp³-hybridized carbons (Fsp3) is 0.545. The third kappa shape index (κ3) is 3.05. The minimum atomic E-state index is -0.993. The Kier molecular flexibility index (Phi) is 3.55. The normalized spacial score (nSPS) is 11.3. The van der Waals surface area contributed by atoms with Gasteiger partial charge >= 0.3 is 5.97 Å². The summed E-state index contributed by atoms with van der Waals surface area (Å²) in [6.45, 7) is 5.26. The highest BCUT2D eigenvalue weighted by atomic mass is 16.4. The summed E-state index contributed by atoms with van der Waals surface area (Å²) in [4.78, 5) is 28.2. The maximum absolute atomic E-state index is 11.9. The first kappa shape index (κ1) is 13.2. The summed E-state index contributed by atoms with van der Waals surface area (Å²) in [6, 6.07) is 0. The van der Waals surface area contributed by atoms with Gasteiger partial charge in [0.2, 0.25) is 0 Å². The third-order valence-corrected chi connectivity index (χ3v) is 2.36. The van der Waals surface area contributed by atoms with Gasteiger partial charge in [0.05, 0.1) is 0 Å². The van der Waals surface area contributed by atoms with Crippen molar-refractivity contribution in [2.45, 2.75) is 26.3 Å². The number of aromatic nitrogens is 2. The van der Waals surface area contributed by atoms with E-state index in [0.717, 1.165) is 0 Å². The number of hydrogen-bond acceptors (Lipinski definition) is 4. The van der Waals surface area contributed by atoms with Gasteiger partial charge in [0.15, 0.2) is 5.82 Å². The van der Waals surface area contributed by atoms with Gasteiger partial charge < -0.3 is 14.6 Å². The zero-order valence-electron chi connectivity index (χ0n) is 10.5. The largest absolute Gasteiger partial charge is 0.480 e. The molecule has 0 amide bonds. The van der Waals surface area contributed by atoms with E-state index in [4.69, 9.17) is 5.11 Å². The van der Waals surface area contributed by atoms with Crippen LogP contribution in [0.25, 0.3) is 0 Å². The van der Waals surface area contributed by atoms with Gasteiger partial charge in [0.1, 0.15) is 6.54 Å². The highest BCUT2D eigenvalue weighted by Gasteiger charge is 2.27. The SMILES string of the molecule is Cn1ccnc(N(CC(=O)O)C(C)(C)C)c1=O. The quantitative estimate of drug-likeness (QED) is 0.829. The Morgan fingerprint density at radius 3 is 2.59 bits per heavy atom. The highest BCUT2D eigenvalue weighted by molar-refractivity contribution is 5.73. The fourth-order valence-electron chi connectivity index (χ4n) is 1.43. The predicted molar refractivity (Wildman–Crippen MR) is 64.2 cm³/mol. The highest BCUT2D eigenvalue weighted by Crippen LogP contribution is 2.17. The molecule has 6 nitrogen and oxygen atoms in total. The van der Waals surface area contributed by atoms with Crippen molar-refractivity contribution >= 4 is 11.8 Å². The van der Waals surface area contributed by atoms with E-state index in [9.17, 15) is 9.59 Å². The van der Waals surface area contributed by atoms with E-state index in [2.05, 4.69) is 4.98 Å². The number of carboxylic acids is 1. The van der Waals surface area contributed by atoms with Crippen molar-refractivity contribution in [2.75, 3.05) is 11.4 Å². The molecule has 0 radical (unpaired) electrons. The van der Waals surface area contributed by atoms with Crippen molar-refractivity contribution in [2.24, 2.45) is 7.05 Å². The molecule has 0 atom stereocenters. The number of aliphatic carboxylic acids is 1. The fourth-order valence-corrected chi connectivity index (χ4v) is 1.43. The molecule has 1 heterocycles. The zero-order chi connectivity index (χ0) is 13.2. The smallest absolute Gasteiger partial charge is 0.323 e. The average Bonchev–Trinajstić information content (AvgIpc) is 2.17. The van der Waals surface area contributed by atoms with Gasteiger partial charge in [-0.05, 0) is 20.8 Å². The third-order valence-electron chi connectivity index (χ3n) is 2.36. The van der Waals surface area contributed by atoms with Crippen LogP contribution in [0, 0.1) is 0 Å². The van der Waals surface area contributed by atoms with Gasteiger partial charge in [-0.1, -0.05) is 0 Å². The standard InChI is InChI=1S/C11H17N3O3/c1-11(2,3)14(7-8(15)16)9-10(17)13(4)6-5-12-9/h5-6H,7H2,1-4H3,(H,15,16). The van der Waals surface area contributed by atoms with Gasteiger partial charge in [-0.25, -0.2) is 4.98 Å². The van der Waals surface area contributed by atoms with Crippen molar-refractivity contribution in [1.82, 2.24) is 9.55 Å². The first-order chi connectivity index (χ1) is 7.73. The molecule has 1 rings (SSSR count). The van der Waals surface area contributed by atoms with Gasteiger partial charge in [-0.15, -0.1) is 0 Å². The number of carboxylic acid groups (broad SMARTS) is 1. The molecule has 0 unspecified atom stereocenters. The van der Waals surface area contributed by atoms with E-state index in [-0.39, 0.29) is 17.9 Å². The van der Waals surface area contributed by atoms with E-state index < -0.39 is 11.5 Å². The maximum Gasteiger partial charge on any atom is 0.323 e. The number of carbonyl (C=O) groups is 1. The minimum absolute atomic E-state index is 0.157. The second-order valence-electron chi connectivity index (χ2n) is 4.82. The van der Waals surface area contributed by atoms with Crippen LogP contribution in [0.5, 0.6) is 0 Å². The van der Waals surface area contributed by atoms with Crippen LogP contribution >= 0.6 is 0 Å². The molecule has 0 fully saturated rings. The van der Waals surface area contributed by atoms with Crippen LogP contribution in [0.3, 0.4) is 0 Å². The van der Waals surface area contributed by atoms with Crippen LogP contribution in [-0.2, 0) is 11.8 Å². The van der Waals surface area contributed by atoms with Crippen molar-refractivity contribution < 1.29 is 9.90 Å². The second-order valence-corrected chi connectivity index (χ2v) is 4.82. The van der Waals surface area contributed by atoms with E-state index in [1.807, 2.05) is 20.8 Å². The number of aryl methyl sites for hydroxylation is 1. The van der Waals surface area contributed by atoms with E-state index >= 15 is 0 Å². The Morgan fingerprint density at radius 1 is 1.53 bits per heavy atom. The number of nitrogens with zero attached hydrogens (tertiary/aromatic N) is 3. The van der Waals surface area contributed by atoms with E-state index in [1.54, 1.807) is 7.05 Å². The number of hydrogen-bond donors (Lipinski definition) is 1. The molecule has 0 aromatic carbocycles. The van der Waals surface area contributed by atoms with Crippen molar-refractivity contribution in [3.05, 3.63) is 22.7 Å². The van der Waals surface area contributed by atoms with Crippen LogP contribution in [0.2, 0.25) is 0 Å². The summed E-state index contributed by atoms with van der Waals surface area (Å²) in [5.74, 6) is -0.836. The van der Waals surface area contributed by atoms with Crippen LogP contribution in [0.4, 0.5) is 5.82 Å². The van der Waals surface area contributed by atoms with Gasteiger partial charge in [-0.2, -0.15) is 0 Å². The Morgan fingerprint density at radius 2 is 2.12 bits per heavy atom. The maximum atomic E-state index is 11.9. The summed E-state index contributed by atoms with van der Waals surface area (Å²) < 4.78 is 1.38. The lowest BCUT2D eigenvalue weighted by atomic mass is 10.1. The number of rotatable bonds is 3. The second kappa shape index (κ2) is 4.57. The average molecular weight is 239 g/mol. The Hall–Kier alpha value is -1.85. The lowest BCUT2D eigenvalue weighted by Gasteiger charge is -2.34. The van der Waals surface area contributed by atoms with Gasteiger partial charge in [-0.3, -0.25) is 9.59 Å². The molecule has 1 aromatic rings. The monoisotopic (exact) mass is 239 g/mol. The molecule has 17 heavy (non-hydrogen) atoms. The Labute approximate surface area is 99.5 Å². The molecule has 0 aliphatic heterocycles. The Balaban J connectivity index is 3.27. The van der Waals surface area contributed by atoms with Crippen molar-refractivity contribution in [3.8, 4) is 0 Å². The van der Waals surface area contributed by atoms with Crippen LogP contribution < -0.4 is 10.5 Å². The van der Waals surface area contributed by atoms with Gasteiger partial charge in [0.25, 0.3) is 5.56 Å². The summed E-state index contributed by atoms with van der Waals surface area (Å²) in [5.41, 5.74) is -0.789. The molecule has 94 valence electrons. The molecular formula is C11H17N3O3. The lowest BCUT2D eigenvalue weighted by Crippen LogP contribution is -2.48. The molecular weight excluding hydrogens is 222 g/mol. The first-order valence-electron chi connectivity index (χ1n) is 5.24. The first-order valence-corrected chi connectivity index (χ1v) is 5.24. The zero-order valence-corrected chi connectivity index (χ0v) is 10.5.